The van der Waals surface area contributed by atoms with Gasteiger partial charge in [-0.3, -0.25) is 0 Å². The van der Waals surface area contributed by atoms with E-state index in [0.717, 1.165) is 29.8 Å². The van der Waals surface area contributed by atoms with Crippen LogP contribution in [0, 0.1) is 0 Å². The minimum Gasteiger partial charge on any atom is -0.391 e. The molecular weight excluding hydrogens is 406 g/mol. The summed E-state index contributed by atoms with van der Waals surface area (Å²) in [7, 11) is -3.44. The smallest absolute Gasteiger partial charge is 0.279 e. The van der Waals surface area contributed by atoms with Crippen molar-refractivity contribution in [2.75, 3.05) is 30.3 Å². The predicted molar refractivity (Wildman–Crippen MR) is 119 cm³/mol. The maximum absolute atomic E-state index is 12.3. The Morgan fingerprint density at radius 3 is 2.73 bits per heavy atom. The number of aromatic nitrogens is 3. The molecule has 1 aliphatic rings. The van der Waals surface area contributed by atoms with Crippen LogP contribution in [-0.4, -0.2) is 70.2 Å². The molecule has 1 fully saturated rings. The summed E-state index contributed by atoms with van der Waals surface area (Å²) in [5.74, 6) is 0.656. The molecule has 1 saturated heterocycles. The fourth-order valence-electron chi connectivity index (χ4n) is 3.76. The van der Waals surface area contributed by atoms with Gasteiger partial charge in [0.15, 0.2) is 5.65 Å². The maximum atomic E-state index is 12.3. The van der Waals surface area contributed by atoms with Crippen LogP contribution in [0.5, 0.6) is 0 Å². The Labute approximate surface area is 178 Å². The van der Waals surface area contributed by atoms with Crippen molar-refractivity contribution in [3.63, 3.8) is 0 Å². The molecule has 0 saturated carbocycles. The molecule has 0 spiro atoms. The fourth-order valence-corrected chi connectivity index (χ4v) is 5.03. The first-order valence-electron chi connectivity index (χ1n) is 10.6. The Kier molecular flexibility index (Phi) is 7.17. The van der Waals surface area contributed by atoms with Crippen molar-refractivity contribution < 1.29 is 13.5 Å². The lowest BCUT2D eigenvalue weighted by Crippen LogP contribution is -2.40. The van der Waals surface area contributed by atoms with Crippen molar-refractivity contribution in [1.29, 1.82) is 0 Å². The number of imidazole rings is 1. The number of aliphatic hydroxyl groups excluding tert-OH is 1. The van der Waals surface area contributed by atoms with Gasteiger partial charge >= 0.3 is 0 Å². The van der Waals surface area contributed by atoms with Crippen LogP contribution in [0.25, 0.3) is 11.2 Å². The van der Waals surface area contributed by atoms with E-state index in [2.05, 4.69) is 20.3 Å². The molecule has 3 heterocycles. The topological polar surface area (TPSA) is 124 Å². The molecule has 0 unspecified atom stereocenters. The van der Waals surface area contributed by atoms with Gasteiger partial charge in [0.2, 0.25) is 0 Å². The molecule has 2 aromatic rings. The molecule has 0 amide bonds. The van der Waals surface area contributed by atoms with Crippen LogP contribution in [0.15, 0.2) is 12.4 Å². The molecule has 168 valence electrons. The van der Waals surface area contributed by atoms with Gasteiger partial charge in [-0.1, -0.05) is 13.8 Å². The SMILES string of the molecule is CCNS(=O)(=O)N1CC[C@H](Nc2cc(N[C@@H](CC)[C@@H](C)O)nc3c2ncn3CC)C1. The second-order valence-corrected chi connectivity index (χ2v) is 9.40. The van der Waals surface area contributed by atoms with Gasteiger partial charge in [-0.05, 0) is 26.7 Å². The molecule has 0 aliphatic carbocycles. The van der Waals surface area contributed by atoms with E-state index in [1.165, 1.54) is 4.31 Å². The zero-order chi connectivity index (χ0) is 21.9. The van der Waals surface area contributed by atoms with Crippen LogP contribution in [0.4, 0.5) is 11.5 Å². The highest BCUT2D eigenvalue weighted by Gasteiger charge is 2.31. The maximum Gasteiger partial charge on any atom is 0.279 e. The standard InChI is InChI=1S/C19H33N7O3S/c1-5-15(13(4)27)23-17-10-16(18-19(24-17)25(7-3)12-20-18)22-14-8-9-26(11-14)30(28,29)21-6-2/h10,12-15,21,27H,5-9,11H2,1-4H3,(H2,22,23,24)/t13-,14+,15+/m1/s1. The molecule has 11 heteroatoms. The van der Waals surface area contributed by atoms with E-state index in [4.69, 9.17) is 4.98 Å². The average Bonchev–Trinajstić information content (AvgIpc) is 3.33. The first-order chi connectivity index (χ1) is 14.3. The minimum atomic E-state index is -3.44. The lowest BCUT2D eigenvalue weighted by atomic mass is 10.1. The van der Waals surface area contributed by atoms with Crippen molar-refractivity contribution in [2.24, 2.45) is 0 Å². The zero-order valence-electron chi connectivity index (χ0n) is 18.1. The Balaban J connectivity index is 1.87. The van der Waals surface area contributed by atoms with Crippen molar-refractivity contribution in [2.45, 2.75) is 65.3 Å². The summed E-state index contributed by atoms with van der Waals surface area (Å²) in [5, 5.41) is 16.8. The monoisotopic (exact) mass is 439 g/mol. The van der Waals surface area contributed by atoms with Crippen LogP contribution >= 0.6 is 0 Å². The Bertz CT molecular complexity index is 960. The predicted octanol–water partition coefficient (Wildman–Crippen LogP) is 1.36. The van der Waals surface area contributed by atoms with E-state index in [-0.39, 0.29) is 12.1 Å². The molecule has 0 radical (unpaired) electrons. The van der Waals surface area contributed by atoms with E-state index in [1.54, 1.807) is 20.2 Å². The van der Waals surface area contributed by atoms with Gasteiger partial charge in [-0.15, -0.1) is 0 Å². The van der Waals surface area contributed by atoms with E-state index in [9.17, 15) is 13.5 Å². The summed E-state index contributed by atoms with van der Waals surface area (Å²) in [6, 6.07) is 1.75. The largest absolute Gasteiger partial charge is 0.391 e. The molecule has 30 heavy (non-hydrogen) atoms. The fraction of sp³-hybridized carbons (Fsp3) is 0.684. The van der Waals surface area contributed by atoms with Crippen LogP contribution in [0.3, 0.4) is 0 Å². The number of anilines is 2. The van der Waals surface area contributed by atoms with Crippen molar-refractivity contribution in [3.8, 4) is 0 Å². The Morgan fingerprint density at radius 2 is 2.10 bits per heavy atom. The van der Waals surface area contributed by atoms with Crippen molar-refractivity contribution in [1.82, 2.24) is 23.6 Å². The molecule has 0 bridgehead atoms. The van der Waals surface area contributed by atoms with Gasteiger partial charge in [-0.25, -0.2) is 14.7 Å². The third-order valence-electron chi connectivity index (χ3n) is 5.45. The van der Waals surface area contributed by atoms with Gasteiger partial charge in [0.05, 0.1) is 24.2 Å². The normalized spacial score (nSPS) is 19.8. The molecule has 2 aromatic heterocycles. The zero-order valence-corrected chi connectivity index (χ0v) is 18.9. The highest BCUT2D eigenvalue weighted by molar-refractivity contribution is 7.87. The van der Waals surface area contributed by atoms with Gasteiger partial charge in [0.25, 0.3) is 10.2 Å². The first-order valence-corrected chi connectivity index (χ1v) is 12.0. The summed E-state index contributed by atoms with van der Waals surface area (Å²) in [6.45, 7) is 9.53. The van der Waals surface area contributed by atoms with Gasteiger partial charge in [0, 0.05) is 38.3 Å². The highest BCUT2D eigenvalue weighted by Crippen LogP contribution is 2.28. The molecule has 1 aliphatic heterocycles. The van der Waals surface area contributed by atoms with E-state index < -0.39 is 16.3 Å². The summed E-state index contributed by atoms with van der Waals surface area (Å²) in [5.41, 5.74) is 2.31. The summed E-state index contributed by atoms with van der Waals surface area (Å²) in [6.07, 6.45) is 2.71. The number of fused-ring (bicyclic) bond motifs is 1. The molecular formula is C19H33N7O3S. The third-order valence-corrected chi connectivity index (χ3v) is 7.11. The van der Waals surface area contributed by atoms with E-state index in [0.29, 0.717) is 31.9 Å². The number of aryl methyl sites for hydroxylation is 1. The van der Waals surface area contributed by atoms with Crippen LogP contribution in [-0.2, 0) is 16.8 Å². The number of aliphatic hydroxyl groups is 1. The van der Waals surface area contributed by atoms with Gasteiger partial charge < -0.3 is 20.3 Å². The number of hydrogen-bond donors (Lipinski definition) is 4. The van der Waals surface area contributed by atoms with E-state index >= 15 is 0 Å². The van der Waals surface area contributed by atoms with Crippen molar-refractivity contribution >= 4 is 32.9 Å². The lowest BCUT2D eigenvalue weighted by molar-refractivity contribution is 0.169. The van der Waals surface area contributed by atoms with Gasteiger partial charge in [0.1, 0.15) is 11.3 Å². The van der Waals surface area contributed by atoms with Gasteiger partial charge in [-0.2, -0.15) is 12.7 Å². The molecule has 0 aromatic carbocycles. The number of nitrogens with one attached hydrogen (secondary N) is 3. The number of nitrogens with zero attached hydrogens (tertiary/aromatic N) is 4. The summed E-state index contributed by atoms with van der Waals surface area (Å²) < 4.78 is 30.6. The lowest BCUT2D eigenvalue weighted by Gasteiger charge is -2.22. The van der Waals surface area contributed by atoms with E-state index in [1.807, 2.05) is 24.5 Å². The Morgan fingerprint density at radius 1 is 1.33 bits per heavy atom. The number of rotatable bonds is 10. The second kappa shape index (κ2) is 9.46. The average molecular weight is 440 g/mol. The minimum absolute atomic E-state index is 0.0256. The second-order valence-electron chi connectivity index (χ2n) is 7.65. The van der Waals surface area contributed by atoms with Crippen LogP contribution in [0.1, 0.15) is 40.5 Å². The summed E-state index contributed by atoms with van der Waals surface area (Å²) >= 11 is 0. The Hall–Kier alpha value is -1.95. The first kappa shape index (κ1) is 22.7. The third kappa shape index (κ3) is 4.85. The quantitative estimate of drug-likeness (QED) is 0.441. The van der Waals surface area contributed by atoms with Crippen LogP contribution < -0.4 is 15.4 Å². The summed E-state index contributed by atoms with van der Waals surface area (Å²) in [4.78, 5) is 9.23. The van der Waals surface area contributed by atoms with Crippen molar-refractivity contribution in [3.05, 3.63) is 12.4 Å². The molecule has 10 nitrogen and oxygen atoms in total. The number of hydrogen-bond acceptors (Lipinski definition) is 7. The highest BCUT2D eigenvalue weighted by atomic mass is 32.2. The van der Waals surface area contributed by atoms with Crippen LogP contribution in [0.2, 0.25) is 0 Å². The molecule has 3 atom stereocenters. The molecule has 3 rings (SSSR count). The molecule has 4 N–H and O–H groups in total. The number of pyridine rings is 1.